The van der Waals surface area contributed by atoms with E-state index in [-0.39, 0.29) is 6.79 Å². The number of rotatable bonds is 1. The molecule has 0 saturated heterocycles. The molecule has 17 heavy (non-hydrogen) atoms. The number of hydrogen-bond donors (Lipinski definition) is 0. The Hall–Kier alpha value is -1.58. The molecule has 1 aliphatic heterocycles. The van der Waals surface area contributed by atoms with Crippen molar-refractivity contribution in [3.05, 3.63) is 27.7 Å². The maximum Gasteiger partial charge on any atom is 0.231 e. The van der Waals surface area contributed by atoms with Crippen LogP contribution in [0.5, 0.6) is 11.5 Å². The summed E-state index contributed by atoms with van der Waals surface area (Å²) in [6.07, 6.45) is 0. The van der Waals surface area contributed by atoms with Crippen LogP contribution in [0.4, 0.5) is 0 Å². The van der Waals surface area contributed by atoms with Crippen molar-refractivity contribution in [2.24, 2.45) is 0 Å². The number of thiazole rings is 1. The van der Waals surface area contributed by atoms with Gasteiger partial charge in [-0.1, -0.05) is 0 Å². The second-order valence-corrected chi connectivity index (χ2v) is 5.64. The van der Waals surface area contributed by atoms with Crippen LogP contribution in [0.15, 0.2) is 22.0 Å². The van der Waals surface area contributed by atoms with Crippen molar-refractivity contribution >= 4 is 27.3 Å². The van der Waals surface area contributed by atoms with Gasteiger partial charge in [-0.2, -0.15) is 5.26 Å². The molecule has 0 saturated carbocycles. The third-order valence-electron chi connectivity index (χ3n) is 2.31. The van der Waals surface area contributed by atoms with Crippen molar-refractivity contribution in [1.29, 1.82) is 5.26 Å². The van der Waals surface area contributed by atoms with Gasteiger partial charge in [0, 0.05) is 5.56 Å². The molecule has 4 nitrogen and oxygen atoms in total. The van der Waals surface area contributed by atoms with Gasteiger partial charge in [-0.25, -0.2) is 4.98 Å². The van der Waals surface area contributed by atoms with Gasteiger partial charge in [-0.05, 0) is 34.1 Å². The standard InChI is InChI=1S/C11H5BrN2O2S/c12-10-7(4-13)14-11(17-10)6-1-2-8-9(3-6)16-5-15-8/h1-3H,5H2. The van der Waals surface area contributed by atoms with E-state index in [1.807, 2.05) is 24.3 Å². The number of halogens is 1. The summed E-state index contributed by atoms with van der Waals surface area (Å²) in [4.78, 5) is 4.24. The predicted octanol–water partition coefficient (Wildman–Crippen LogP) is 3.17. The molecule has 0 fully saturated rings. The van der Waals surface area contributed by atoms with Crippen molar-refractivity contribution in [3.8, 4) is 28.1 Å². The molecule has 0 amide bonds. The van der Waals surface area contributed by atoms with Gasteiger partial charge in [-0.3, -0.25) is 0 Å². The molecule has 1 aromatic heterocycles. The van der Waals surface area contributed by atoms with E-state index in [1.165, 1.54) is 11.3 Å². The van der Waals surface area contributed by atoms with Crippen molar-refractivity contribution in [2.45, 2.75) is 0 Å². The Morgan fingerprint density at radius 1 is 1.35 bits per heavy atom. The first-order valence-corrected chi connectivity index (χ1v) is 6.35. The zero-order chi connectivity index (χ0) is 11.8. The summed E-state index contributed by atoms with van der Waals surface area (Å²) in [5, 5.41) is 9.64. The molecule has 1 aliphatic rings. The fourth-order valence-corrected chi connectivity index (χ4v) is 2.90. The average Bonchev–Trinajstić information content (AvgIpc) is 2.93. The molecule has 0 atom stereocenters. The summed E-state index contributed by atoms with van der Waals surface area (Å²) < 4.78 is 11.3. The molecule has 0 aliphatic carbocycles. The summed E-state index contributed by atoms with van der Waals surface area (Å²) in [5.74, 6) is 1.46. The van der Waals surface area contributed by atoms with Gasteiger partial charge >= 0.3 is 0 Å². The quantitative estimate of drug-likeness (QED) is 0.812. The third kappa shape index (κ3) is 1.77. The molecular formula is C11H5BrN2O2S. The largest absolute Gasteiger partial charge is 0.454 e. The summed E-state index contributed by atoms with van der Waals surface area (Å²) in [6, 6.07) is 7.65. The first-order valence-electron chi connectivity index (χ1n) is 4.74. The number of fused-ring (bicyclic) bond motifs is 1. The number of nitriles is 1. The van der Waals surface area contributed by atoms with E-state index in [4.69, 9.17) is 14.7 Å². The van der Waals surface area contributed by atoms with Crippen LogP contribution in [0, 0.1) is 11.3 Å². The lowest BCUT2D eigenvalue weighted by Gasteiger charge is -1.98. The zero-order valence-corrected chi connectivity index (χ0v) is 10.8. The highest BCUT2D eigenvalue weighted by Crippen LogP contribution is 2.38. The molecule has 2 aromatic rings. The number of nitrogens with zero attached hydrogens (tertiary/aromatic N) is 2. The van der Waals surface area contributed by atoms with Crippen LogP contribution in [-0.4, -0.2) is 11.8 Å². The second kappa shape index (κ2) is 4.02. The minimum atomic E-state index is 0.254. The predicted molar refractivity (Wildman–Crippen MR) is 66.1 cm³/mol. The molecule has 0 unspecified atom stereocenters. The van der Waals surface area contributed by atoms with Gasteiger partial charge < -0.3 is 9.47 Å². The molecule has 0 N–H and O–H groups in total. The molecule has 0 bridgehead atoms. The van der Waals surface area contributed by atoms with Crippen LogP contribution >= 0.6 is 27.3 Å². The number of hydrogen-bond acceptors (Lipinski definition) is 5. The Balaban J connectivity index is 2.07. The summed E-state index contributed by atoms with van der Waals surface area (Å²) >= 11 is 4.74. The fourth-order valence-electron chi connectivity index (χ4n) is 1.52. The van der Waals surface area contributed by atoms with Gasteiger partial charge in [0.25, 0.3) is 0 Å². The molecule has 1 aromatic carbocycles. The molecule has 6 heteroatoms. The lowest BCUT2D eigenvalue weighted by atomic mass is 10.2. The molecular weight excluding hydrogens is 304 g/mol. The maximum atomic E-state index is 8.85. The Kier molecular flexibility index (Phi) is 2.50. The number of benzene rings is 1. The Morgan fingerprint density at radius 3 is 2.94 bits per heavy atom. The maximum absolute atomic E-state index is 8.85. The minimum absolute atomic E-state index is 0.254. The van der Waals surface area contributed by atoms with Crippen molar-refractivity contribution < 1.29 is 9.47 Å². The molecule has 3 rings (SSSR count). The number of ether oxygens (including phenoxy) is 2. The third-order valence-corrected chi connectivity index (χ3v) is 4.07. The Morgan fingerprint density at radius 2 is 2.18 bits per heavy atom. The minimum Gasteiger partial charge on any atom is -0.454 e. The normalized spacial score (nSPS) is 12.5. The van der Waals surface area contributed by atoms with Crippen LogP contribution in [0.25, 0.3) is 10.6 Å². The number of aromatic nitrogens is 1. The first kappa shape index (κ1) is 10.6. The van der Waals surface area contributed by atoms with Crippen molar-refractivity contribution in [1.82, 2.24) is 4.98 Å². The van der Waals surface area contributed by atoms with E-state index >= 15 is 0 Å². The molecule has 2 heterocycles. The average molecular weight is 309 g/mol. The SMILES string of the molecule is N#Cc1nc(-c2ccc3c(c2)OCO3)sc1Br. The van der Waals surface area contributed by atoms with Crippen molar-refractivity contribution in [3.63, 3.8) is 0 Å². The summed E-state index contributed by atoms with van der Waals surface area (Å²) in [5.41, 5.74) is 1.32. The highest BCUT2D eigenvalue weighted by atomic mass is 79.9. The van der Waals surface area contributed by atoms with Crippen molar-refractivity contribution in [2.75, 3.05) is 6.79 Å². The zero-order valence-electron chi connectivity index (χ0n) is 8.44. The van der Waals surface area contributed by atoms with E-state index in [0.29, 0.717) is 11.4 Å². The smallest absolute Gasteiger partial charge is 0.231 e. The Labute approximate surface area is 110 Å². The lowest BCUT2D eigenvalue weighted by molar-refractivity contribution is 0.174. The molecule has 0 spiro atoms. The first-order chi connectivity index (χ1) is 8.28. The second-order valence-electron chi connectivity index (χ2n) is 3.32. The molecule has 84 valence electrons. The van der Waals surface area contributed by atoms with E-state index in [1.54, 1.807) is 0 Å². The lowest BCUT2D eigenvalue weighted by Crippen LogP contribution is -1.92. The van der Waals surface area contributed by atoms with E-state index in [9.17, 15) is 0 Å². The van der Waals surface area contributed by atoms with Gasteiger partial charge in [0.1, 0.15) is 14.9 Å². The highest BCUT2D eigenvalue weighted by molar-refractivity contribution is 9.11. The van der Waals surface area contributed by atoms with E-state index < -0.39 is 0 Å². The van der Waals surface area contributed by atoms with Crippen LogP contribution in [0.2, 0.25) is 0 Å². The Bertz CT molecular complexity index is 633. The fraction of sp³-hybridized carbons (Fsp3) is 0.0909. The van der Waals surface area contributed by atoms with Gasteiger partial charge in [0.05, 0.1) is 0 Å². The van der Waals surface area contributed by atoms with E-state index in [2.05, 4.69) is 20.9 Å². The highest BCUT2D eigenvalue weighted by Gasteiger charge is 2.16. The summed E-state index contributed by atoms with van der Waals surface area (Å²) in [6.45, 7) is 0.254. The topological polar surface area (TPSA) is 55.1 Å². The monoisotopic (exact) mass is 308 g/mol. The van der Waals surface area contributed by atoms with Gasteiger partial charge in [-0.15, -0.1) is 11.3 Å². The van der Waals surface area contributed by atoms with Crippen LogP contribution in [-0.2, 0) is 0 Å². The van der Waals surface area contributed by atoms with Crippen LogP contribution < -0.4 is 9.47 Å². The molecule has 0 radical (unpaired) electrons. The van der Waals surface area contributed by atoms with Crippen LogP contribution in [0.3, 0.4) is 0 Å². The van der Waals surface area contributed by atoms with Gasteiger partial charge in [0.15, 0.2) is 17.2 Å². The van der Waals surface area contributed by atoms with Gasteiger partial charge in [0.2, 0.25) is 6.79 Å². The van der Waals surface area contributed by atoms with E-state index in [0.717, 1.165) is 20.1 Å². The van der Waals surface area contributed by atoms with Crippen LogP contribution in [0.1, 0.15) is 5.69 Å². The summed E-state index contributed by atoms with van der Waals surface area (Å²) in [7, 11) is 0.